The van der Waals surface area contributed by atoms with E-state index < -0.39 is 0 Å². The summed E-state index contributed by atoms with van der Waals surface area (Å²) >= 11 is 0. The van der Waals surface area contributed by atoms with Gasteiger partial charge >= 0.3 is 0 Å². The first-order chi connectivity index (χ1) is 18.3. The van der Waals surface area contributed by atoms with Crippen molar-refractivity contribution in [2.24, 2.45) is 0 Å². The first kappa shape index (κ1) is 21.2. The second-order valence-electron chi connectivity index (χ2n) is 9.07. The van der Waals surface area contributed by atoms with E-state index >= 15 is 0 Å². The Kier molecular flexibility index (Phi) is 4.90. The molecule has 0 spiro atoms. The van der Waals surface area contributed by atoms with Crippen molar-refractivity contribution >= 4 is 27.5 Å². The maximum Gasteiger partial charge on any atom is 0.267 e. The molecule has 0 saturated carbocycles. The van der Waals surface area contributed by atoms with Gasteiger partial charge in [0.1, 0.15) is 5.82 Å². The van der Waals surface area contributed by atoms with E-state index in [-0.39, 0.29) is 5.56 Å². The summed E-state index contributed by atoms with van der Waals surface area (Å²) in [5, 5.41) is 1.40. The van der Waals surface area contributed by atoms with E-state index in [0.29, 0.717) is 22.4 Å². The second-order valence-corrected chi connectivity index (χ2v) is 9.07. The van der Waals surface area contributed by atoms with Gasteiger partial charge < -0.3 is 0 Å². The van der Waals surface area contributed by atoms with Crippen molar-refractivity contribution in [3.8, 4) is 33.6 Å². The van der Waals surface area contributed by atoms with E-state index in [2.05, 4.69) is 36.4 Å². The molecule has 4 heteroatoms. The van der Waals surface area contributed by atoms with Crippen molar-refractivity contribution in [1.29, 1.82) is 0 Å². The monoisotopic (exact) mass is 475 g/mol. The van der Waals surface area contributed by atoms with Crippen LogP contribution in [-0.2, 0) is 0 Å². The molecule has 4 nitrogen and oxygen atoms in total. The smallest absolute Gasteiger partial charge is 0.267 e. The summed E-state index contributed by atoms with van der Waals surface area (Å²) in [4.78, 5) is 24.1. The molecule has 0 aliphatic rings. The van der Waals surface area contributed by atoms with Crippen LogP contribution in [0.25, 0.3) is 61.1 Å². The SMILES string of the molecule is O=c1c2ccc(-c3ccccc3)cc2nc2c3cc(-c4ccccc4)ccc3nc(-c3ccccc3)n12. The summed E-state index contributed by atoms with van der Waals surface area (Å²) in [6.45, 7) is 0. The minimum absolute atomic E-state index is 0.127. The minimum atomic E-state index is -0.127. The van der Waals surface area contributed by atoms with Gasteiger partial charge in [-0.2, -0.15) is 0 Å². The van der Waals surface area contributed by atoms with E-state index in [1.54, 1.807) is 4.40 Å². The van der Waals surface area contributed by atoms with E-state index in [1.807, 2.05) is 91.0 Å². The van der Waals surface area contributed by atoms with Crippen molar-refractivity contribution in [1.82, 2.24) is 14.4 Å². The third kappa shape index (κ3) is 3.58. The Morgan fingerprint density at radius 2 is 1.03 bits per heavy atom. The van der Waals surface area contributed by atoms with Crippen LogP contribution in [0, 0.1) is 0 Å². The molecule has 0 atom stereocenters. The molecule has 7 rings (SSSR count). The molecular formula is C33H21N3O. The number of aromatic nitrogens is 3. The van der Waals surface area contributed by atoms with Gasteiger partial charge in [0.25, 0.3) is 5.56 Å². The first-order valence-electron chi connectivity index (χ1n) is 12.2. The van der Waals surface area contributed by atoms with Crippen LogP contribution in [0.4, 0.5) is 0 Å². The maximum absolute atomic E-state index is 14.0. The molecule has 0 N–H and O–H groups in total. The number of fused-ring (bicyclic) bond motifs is 4. The standard InChI is InChI=1S/C33H21N3O/c37-33-27-18-16-26(23-12-6-2-7-13-23)21-30(27)35-32-28-20-25(22-10-4-1-5-11-22)17-19-29(28)34-31(36(32)33)24-14-8-3-9-15-24/h1-21H. The molecular weight excluding hydrogens is 454 g/mol. The van der Waals surface area contributed by atoms with Crippen molar-refractivity contribution in [3.63, 3.8) is 0 Å². The molecule has 0 saturated heterocycles. The van der Waals surface area contributed by atoms with Gasteiger partial charge in [0, 0.05) is 10.9 Å². The highest BCUT2D eigenvalue weighted by molar-refractivity contribution is 5.98. The number of rotatable bonds is 3. The van der Waals surface area contributed by atoms with Crippen LogP contribution in [0.15, 0.2) is 132 Å². The summed E-state index contributed by atoms with van der Waals surface area (Å²) < 4.78 is 1.66. The Morgan fingerprint density at radius 1 is 0.459 bits per heavy atom. The van der Waals surface area contributed by atoms with Crippen LogP contribution in [0.1, 0.15) is 0 Å². The Hall–Kier alpha value is -5.09. The van der Waals surface area contributed by atoms with Crippen LogP contribution in [-0.4, -0.2) is 14.4 Å². The average molecular weight is 476 g/mol. The molecule has 2 aromatic heterocycles. The fraction of sp³-hybridized carbons (Fsp3) is 0. The zero-order valence-electron chi connectivity index (χ0n) is 19.9. The topological polar surface area (TPSA) is 47.3 Å². The van der Waals surface area contributed by atoms with Crippen molar-refractivity contribution < 1.29 is 0 Å². The van der Waals surface area contributed by atoms with Crippen LogP contribution in [0.2, 0.25) is 0 Å². The van der Waals surface area contributed by atoms with Gasteiger partial charge in [-0.05, 0) is 46.5 Å². The fourth-order valence-corrected chi connectivity index (χ4v) is 4.94. The summed E-state index contributed by atoms with van der Waals surface area (Å²) in [5.74, 6) is 0.585. The summed E-state index contributed by atoms with van der Waals surface area (Å²) in [6, 6.07) is 42.2. The minimum Gasteiger partial charge on any atom is -0.268 e. The zero-order valence-corrected chi connectivity index (χ0v) is 19.9. The number of hydrogen-bond donors (Lipinski definition) is 0. The molecule has 2 heterocycles. The third-order valence-electron chi connectivity index (χ3n) is 6.79. The van der Waals surface area contributed by atoms with Crippen LogP contribution in [0.3, 0.4) is 0 Å². The molecule has 0 aliphatic heterocycles. The fourth-order valence-electron chi connectivity index (χ4n) is 4.94. The largest absolute Gasteiger partial charge is 0.268 e. The van der Waals surface area contributed by atoms with Gasteiger partial charge in [0.15, 0.2) is 5.65 Å². The molecule has 7 aromatic rings. The number of hydrogen-bond acceptors (Lipinski definition) is 3. The quantitative estimate of drug-likeness (QED) is 0.198. The van der Waals surface area contributed by atoms with Gasteiger partial charge in [-0.1, -0.05) is 103 Å². The lowest BCUT2D eigenvalue weighted by atomic mass is 10.0. The van der Waals surface area contributed by atoms with Gasteiger partial charge in [-0.3, -0.25) is 4.79 Å². The van der Waals surface area contributed by atoms with Crippen LogP contribution in [0.5, 0.6) is 0 Å². The lowest BCUT2D eigenvalue weighted by Gasteiger charge is -2.13. The lowest BCUT2D eigenvalue weighted by molar-refractivity contribution is 1.05. The molecule has 0 radical (unpaired) electrons. The number of benzene rings is 5. The Balaban J connectivity index is 1.59. The highest BCUT2D eigenvalue weighted by Gasteiger charge is 2.16. The number of nitrogens with zero attached hydrogens (tertiary/aromatic N) is 3. The summed E-state index contributed by atoms with van der Waals surface area (Å²) in [5.41, 5.74) is 7.07. The van der Waals surface area contributed by atoms with Crippen molar-refractivity contribution in [3.05, 3.63) is 138 Å². The third-order valence-corrected chi connectivity index (χ3v) is 6.79. The highest BCUT2D eigenvalue weighted by Crippen LogP contribution is 2.30. The van der Waals surface area contributed by atoms with Crippen LogP contribution >= 0.6 is 0 Å². The Morgan fingerprint density at radius 3 is 1.68 bits per heavy atom. The zero-order chi connectivity index (χ0) is 24.8. The predicted octanol–water partition coefficient (Wildman–Crippen LogP) is 7.40. The van der Waals surface area contributed by atoms with Crippen molar-refractivity contribution in [2.45, 2.75) is 0 Å². The molecule has 174 valence electrons. The van der Waals surface area contributed by atoms with E-state index in [9.17, 15) is 4.79 Å². The summed E-state index contributed by atoms with van der Waals surface area (Å²) in [7, 11) is 0. The first-order valence-corrected chi connectivity index (χ1v) is 12.2. The second kappa shape index (κ2) is 8.54. The van der Waals surface area contributed by atoms with Gasteiger partial charge in [0.05, 0.1) is 16.4 Å². The van der Waals surface area contributed by atoms with Gasteiger partial charge in [0.2, 0.25) is 0 Å². The van der Waals surface area contributed by atoms with Gasteiger partial charge in [-0.25, -0.2) is 14.4 Å². The molecule has 0 bridgehead atoms. The van der Waals surface area contributed by atoms with E-state index in [1.165, 1.54) is 0 Å². The molecule has 0 unspecified atom stereocenters. The van der Waals surface area contributed by atoms with E-state index in [4.69, 9.17) is 9.97 Å². The lowest BCUT2D eigenvalue weighted by Crippen LogP contribution is -2.19. The Labute approximate surface area is 213 Å². The Bertz CT molecular complexity index is 1980. The molecule has 5 aromatic carbocycles. The van der Waals surface area contributed by atoms with Gasteiger partial charge in [-0.15, -0.1) is 0 Å². The molecule has 0 aliphatic carbocycles. The molecule has 37 heavy (non-hydrogen) atoms. The van der Waals surface area contributed by atoms with Crippen molar-refractivity contribution in [2.75, 3.05) is 0 Å². The molecule has 0 amide bonds. The summed E-state index contributed by atoms with van der Waals surface area (Å²) in [6.07, 6.45) is 0. The highest BCUT2D eigenvalue weighted by atomic mass is 16.1. The predicted molar refractivity (Wildman–Crippen MR) is 151 cm³/mol. The van der Waals surface area contributed by atoms with Crippen LogP contribution < -0.4 is 5.56 Å². The maximum atomic E-state index is 14.0. The van der Waals surface area contributed by atoms with E-state index in [0.717, 1.165) is 38.7 Å². The normalized spacial score (nSPS) is 11.4. The molecule has 0 fully saturated rings. The average Bonchev–Trinajstić information content (AvgIpc) is 2.97.